The molecule has 0 spiro atoms. The molecular weight excluding hydrogens is 368 g/mol. The number of para-hydroxylation sites is 1. The molecule has 0 bridgehead atoms. The molecule has 1 aromatic heterocycles. The van der Waals surface area contributed by atoms with Crippen LogP contribution < -0.4 is 10.6 Å². The van der Waals surface area contributed by atoms with Crippen LogP contribution in [-0.2, 0) is 0 Å². The van der Waals surface area contributed by atoms with E-state index in [2.05, 4.69) is 36.5 Å². The third-order valence-electron chi connectivity index (χ3n) is 3.35. The molecule has 0 aliphatic carbocycles. The first-order valence-electron chi connectivity index (χ1n) is 7.34. The second kappa shape index (κ2) is 7.23. The fraction of sp³-hybridized carbons (Fsp3) is 0.0556. The van der Waals surface area contributed by atoms with Crippen molar-refractivity contribution >= 4 is 39.2 Å². The Morgan fingerprint density at radius 1 is 1.04 bits per heavy atom. The molecule has 120 valence electrons. The number of aryl methyl sites for hydroxylation is 1. The van der Waals surface area contributed by atoms with Gasteiger partial charge in [0.05, 0.1) is 0 Å². The molecule has 0 radical (unpaired) electrons. The summed E-state index contributed by atoms with van der Waals surface area (Å²) in [6.07, 6.45) is 1.55. The average molecular weight is 383 g/mol. The first kappa shape index (κ1) is 16.1. The summed E-state index contributed by atoms with van der Waals surface area (Å²) in [7, 11) is 0. The molecule has 0 aliphatic heterocycles. The maximum Gasteiger partial charge on any atom is 0.274 e. The molecule has 3 rings (SSSR count). The van der Waals surface area contributed by atoms with Crippen molar-refractivity contribution in [3.63, 3.8) is 0 Å². The average Bonchev–Trinajstić information content (AvgIpc) is 2.59. The molecule has 3 aromatic rings. The molecule has 0 fully saturated rings. The van der Waals surface area contributed by atoms with Crippen molar-refractivity contribution < 1.29 is 4.79 Å². The fourth-order valence-corrected chi connectivity index (χ4v) is 2.44. The van der Waals surface area contributed by atoms with E-state index in [1.54, 1.807) is 12.3 Å². The summed E-state index contributed by atoms with van der Waals surface area (Å²) >= 11 is 3.45. The summed E-state index contributed by atoms with van der Waals surface area (Å²) in [4.78, 5) is 20.8. The number of hydrogen-bond donors (Lipinski definition) is 2. The summed E-state index contributed by atoms with van der Waals surface area (Å²) in [6, 6.07) is 16.8. The van der Waals surface area contributed by atoms with Crippen molar-refractivity contribution in [2.24, 2.45) is 0 Å². The van der Waals surface area contributed by atoms with Gasteiger partial charge in [-0.25, -0.2) is 9.97 Å². The van der Waals surface area contributed by atoms with Crippen LogP contribution in [0.5, 0.6) is 0 Å². The van der Waals surface area contributed by atoms with Crippen LogP contribution in [0.1, 0.15) is 16.1 Å². The zero-order valence-corrected chi connectivity index (χ0v) is 14.5. The lowest BCUT2D eigenvalue weighted by Crippen LogP contribution is -2.14. The number of anilines is 3. The third kappa shape index (κ3) is 3.97. The summed E-state index contributed by atoms with van der Waals surface area (Å²) < 4.78 is 0.939. The molecule has 0 saturated carbocycles. The van der Waals surface area contributed by atoms with E-state index in [0.717, 1.165) is 15.7 Å². The highest BCUT2D eigenvalue weighted by Gasteiger charge is 2.10. The van der Waals surface area contributed by atoms with E-state index in [-0.39, 0.29) is 5.91 Å². The normalized spacial score (nSPS) is 10.2. The fourth-order valence-electron chi connectivity index (χ4n) is 2.06. The second-order valence-corrected chi connectivity index (χ2v) is 6.03. The van der Waals surface area contributed by atoms with E-state index >= 15 is 0 Å². The van der Waals surface area contributed by atoms with Gasteiger partial charge in [-0.05, 0) is 42.8 Å². The molecule has 0 saturated heterocycles. The highest BCUT2D eigenvalue weighted by molar-refractivity contribution is 9.10. The summed E-state index contributed by atoms with van der Waals surface area (Å²) in [5, 5.41) is 5.90. The monoisotopic (exact) mass is 382 g/mol. The molecule has 6 heteroatoms. The first-order chi connectivity index (χ1) is 11.6. The van der Waals surface area contributed by atoms with Gasteiger partial charge in [0.25, 0.3) is 5.91 Å². The largest absolute Gasteiger partial charge is 0.324 e. The SMILES string of the molecule is Cc1ccc(NC(=O)c2ccnc(Nc3ccccc3)n2)cc1Br. The Morgan fingerprint density at radius 2 is 1.83 bits per heavy atom. The van der Waals surface area contributed by atoms with Gasteiger partial charge in [0, 0.05) is 22.0 Å². The van der Waals surface area contributed by atoms with Gasteiger partial charge >= 0.3 is 0 Å². The highest BCUT2D eigenvalue weighted by Crippen LogP contribution is 2.21. The number of amides is 1. The minimum absolute atomic E-state index is 0.288. The van der Waals surface area contributed by atoms with E-state index in [0.29, 0.717) is 17.3 Å². The summed E-state index contributed by atoms with van der Waals surface area (Å²) in [5.41, 5.74) is 2.95. The summed E-state index contributed by atoms with van der Waals surface area (Å²) in [6.45, 7) is 1.99. The summed E-state index contributed by atoms with van der Waals surface area (Å²) in [5.74, 6) is 0.0863. The number of nitrogens with one attached hydrogen (secondary N) is 2. The van der Waals surface area contributed by atoms with Crippen molar-refractivity contribution in [3.8, 4) is 0 Å². The van der Waals surface area contributed by atoms with Gasteiger partial charge in [0.2, 0.25) is 5.95 Å². The van der Waals surface area contributed by atoms with E-state index in [1.165, 1.54) is 0 Å². The maximum atomic E-state index is 12.4. The van der Waals surface area contributed by atoms with Crippen LogP contribution in [0.2, 0.25) is 0 Å². The molecule has 24 heavy (non-hydrogen) atoms. The van der Waals surface area contributed by atoms with Crippen LogP contribution in [0.25, 0.3) is 0 Å². The molecule has 1 heterocycles. The van der Waals surface area contributed by atoms with Crippen LogP contribution in [0.4, 0.5) is 17.3 Å². The number of carbonyl (C=O) groups is 1. The topological polar surface area (TPSA) is 66.9 Å². The Bertz CT molecular complexity index is 868. The highest BCUT2D eigenvalue weighted by atomic mass is 79.9. The van der Waals surface area contributed by atoms with Gasteiger partial charge in [-0.3, -0.25) is 4.79 Å². The smallest absolute Gasteiger partial charge is 0.274 e. The third-order valence-corrected chi connectivity index (χ3v) is 4.20. The van der Waals surface area contributed by atoms with Crippen LogP contribution >= 0.6 is 15.9 Å². The maximum absolute atomic E-state index is 12.4. The quantitative estimate of drug-likeness (QED) is 0.694. The minimum Gasteiger partial charge on any atom is -0.324 e. The Labute approximate surface area is 148 Å². The van der Waals surface area contributed by atoms with Gasteiger partial charge < -0.3 is 10.6 Å². The van der Waals surface area contributed by atoms with Gasteiger partial charge in [-0.1, -0.05) is 40.2 Å². The second-order valence-electron chi connectivity index (χ2n) is 5.17. The molecule has 5 nitrogen and oxygen atoms in total. The van der Waals surface area contributed by atoms with E-state index in [9.17, 15) is 4.79 Å². The lowest BCUT2D eigenvalue weighted by molar-refractivity contribution is 0.102. The van der Waals surface area contributed by atoms with Gasteiger partial charge in [-0.2, -0.15) is 0 Å². The standard InChI is InChI=1S/C18H15BrN4O/c1-12-7-8-14(11-15(12)19)21-17(24)16-9-10-20-18(23-16)22-13-5-3-2-4-6-13/h2-11H,1H3,(H,21,24)(H,20,22,23). The predicted octanol–water partition coefficient (Wildman–Crippen LogP) is 4.54. The molecule has 0 atom stereocenters. The van der Waals surface area contributed by atoms with Crippen molar-refractivity contribution in [1.29, 1.82) is 0 Å². The Hall–Kier alpha value is -2.73. The van der Waals surface area contributed by atoms with Crippen molar-refractivity contribution in [2.75, 3.05) is 10.6 Å². The lowest BCUT2D eigenvalue weighted by Gasteiger charge is -2.08. The predicted molar refractivity (Wildman–Crippen MR) is 98.6 cm³/mol. The number of rotatable bonds is 4. The number of halogens is 1. The zero-order valence-electron chi connectivity index (χ0n) is 13.0. The Kier molecular flexibility index (Phi) is 4.86. The number of carbonyl (C=O) groups excluding carboxylic acids is 1. The number of hydrogen-bond acceptors (Lipinski definition) is 4. The number of benzene rings is 2. The molecule has 2 N–H and O–H groups in total. The van der Waals surface area contributed by atoms with Crippen molar-refractivity contribution in [3.05, 3.63) is 76.5 Å². The van der Waals surface area contributed by atoms with Crippen LogP contribution in [0.3, 0.4) is 0 Å². The molecule has 0 aliphatic rings. The minimum atomic E-state index is -0.288. The molecule has 1 amide bonds. The number of nitrogens with zero attached hydrogens (tertiary/aromatic N) is 2. The van der Waals surface area contributed by atoms with Crippen molar-refractivity contribution in [1.82, 2.24) is 9.97 Å². The van der Waals surface area contributed by atoms with Gasteiger partial charge in [0.1, 0.15) is 5.69 Å². The van der Waals surface area contributed by atoms with E-state index < -0.39 is 0 Å². The van der Waals surface area contributed by atoms with Crippen LogP contribution in [0, 0.1) is 6.92 Å². The van der Waals surface area contributed by atoms with Crippen LogP contribution in [0.15, 0.2) is 65.3 Å². The first-order valence-corrected chi connectivity index (χ1v) is 8.14. The Balaban J connectivity index is 1.75. The van der Waals surface area contributed by atoms with E-state index in [1.807, 2.05) is 55.5 Å². The van der Waals surface area contributed by atoms with E-state index in [4.69, 9.17) is 0 Å². The van der Waals surface area contributed by atoms with Gasteiger partial charge in [-0.15, -0.1) is 0 Å². The molecule has 0 unspecified atom stereocenters. The van der Waals surface area contributed by atoms with Crippen LogP contribution in [-0.4, -0.2) is 15.9 Å². The van der Waals surface area contributed by atoms with Crippen molar-refractivity contribution in [2.45, 2.75) is 6.92 Å². The van der Waals surface area contributed by atoms with Gasteiger partial charge in [0.15, 0.2) is 0 Å². The molecular formula is C18H15BrN4O. The lowest BCUT2D eigenvalue weighted by atomic mass is 10.2. The molecule has 2 aromatic carbocycles. The number of aromatic nitrogens is 2. The Morgan fingerprint density at radius 3 is 2.58 bits per heavy atom. The zero-order chi connectivity index (χ0) is 16.9.